The molecular formula is C25H28F3N5O3. The fourth-order valence-electron chi connectivity index (χ4n) is 4.56. The number of halogens is 3. The standard InChI is InChI=1S/C25H28F3N5O3/c1-13(16-6-5-7-17(20(16)26)21(27)28)29-22-18-12-19(24(36-4)32-23(18)31-14(2)30-22)25(35)8-10-33(11-9-25)15(3)34/h5-7,12-13,21,35H,8-11H2,1-4H3,(H,29,30,31,32). The quantitative estimate of drug-likeness (QED) is 0.514. The van der Waals surface area contributed by atoms with Crippen LogP contribution in [0.25, 0.3) is 11.0 Å². The molecule has 1 unspecified atom stereocenters. The number of aromatic nitrogens is 3. The zero-order valence-corrected chi connectivity index (χ0v) is 20.5. The number of anilines is 1. The highest BCUT2D eigenvalue weighted by atomic mass is 19.3. The number of aliphatic hydroxyl groups is 1. The fraction of sp³-hybridized carbons (Fsp3) is 0.440. The zero-order valence-electron chi connectivity index (χ0n) is 20.5. The lowest BCUT2D eigenvalue weighted by atomic mass is 9.84. The molecule has 36 heavy (non-hydrogen) atoms. The Morgan fingerprint density at radius 3 is 2.47 bits per heavy atom. The van der Waals surface area contributed by atoms with Gasteiger partial charge >= 0.3 is 0 Å². The predicted octanol–water partition coefficient (Wildman–Crippen LogP) is 4.42. The Morgan fingerprint density at radius 2 is 1.86 bits per heavy atom. The number of alkyl halides is 2. The van der Waals surface area contributed by atoms with Crippen molar-refractivity contribution >= 4 is 22.8 Å². The average molecular weight is 504 g/mol. The molecule has 4 rings (SSSR count). The van der Waals surface area contributed by atoms with E-state index in [1.807, 2.05) is 0 Å². The van der Waals surface area contributed by atoms with Gasteiger partial charge in [0.2, 0.25) is 11.8 Å². The van der Waals surface area contributed by atoms with Gasteiger partial charge in [0.25, 0.3) is 6.43 Å². The van der Waals surface area contributed by atoms with Gasteiger partial charge in [0.05, 0.1) is 29.7 Å². The molecule has 1 aliphatic heterocycles. The predicted molar refractivity (Wildman–Crippen MR) is 127 cm³/mol. The normalized spacial score (nSPS) is 16.3. The Hall–Kier alpha value is -3.47. The second-order valence-electron chi connectivity index (χ2n) is 8.99. The third kappa shape index (κ3) is 4.79. The van der Waals surface area contributed by atoms with Crippen LogP contribution in [0, 0.1) is 12.7 Å². The van der Waals surface area contributed by atoms with E-state index < -0.39 is 29.4 Å². The van der Waals surface area contributed by atoms with Gasteiger partial charge in [-0.25, -0.2) is 23.1 Å². The number of piperidine rings is 1. The number of rotatable bonds is 6. The first-order chi connectivity index (χ1) is 17.0. The maximum atomic E-state index is 14.8. The van der Waals surface area contributed by atoms with Crippen molar-refractivity contribution in [2.24, 2.45) is 0 Å². The molecule has 0 aliphatic carbocycles. The minimum absolute atomic E-state index is 0.0619. The number of nitrogens with zero attached hydrogens (tertiary/aromatic N) is 4. The van der Waals surface area contributed by atoms with E-state index in [1.54, 1.807) is 24.8 Å². The van der Waals surface area contributed by atoms with Gasteiger partial charge in [-0.05, 0) is 32.8 Å². The van der Waals surface area contributed by atoms with Crippen molar-refractivity contribution in [1.29, 1.82) is 0 Å². The molecule has 11 heteroatoms. The molecule has 8 nitrogen and oxygen atoms in total. The smallest absolute Gasteiger partial charge is 0.266 e. The van der Waals surface area contributed by atoms with E-state index in [0.717, 1.165) is 6.07 Å². The fourth-order valence-corrected chi connectivity index (χ4v) is 4.56. The summed E-state index contributed by atoms with van der Waals surface area (Å²) in [6.07, 6.45) is -2.37. The summed E-state index contributed by atoms with van der Waals surface area (Å²) in [5, 5.41) is 15.1. The Morgan fingerprint density at radius 1 is 1.19 bits per heavy atom. The lowest BCUT2D eigenvalue weighted by molar-refractivity contribution is -0.133. The second kappa shape index (κ2) is 9.88. The minimum atomic E-state index is -2.94. The first kappa shape index (κ1) is 25.6. The van der Waals surface area contributed by atoms with Gasteiger partial charge in [0, 0.05) is 31.1 Å². The SMILES string of the molecule is COc1nc2nc(C)nc(NC(C)c3cccc(C(F)F)c3F)c2cc1C1(O)CCN(C(C)=O)CC1. The summed E-state index contributed by atoms with van der Waals surface area (Å²) >= 11 is 0. The van der Waals surface area contributed by atoms with Crippen LogP contribution >= 0.6 is 0 Å². The van der Waals surface area contributed by atoms with E-state index in [-0.39, 0.29) is 30.2 Å². The number of hydrogen-bond donors (Lipinski definition) is 2. The number of fused-ring (bicyclic) bond motifs is 1. The molecule has 0 spiro atoms. The third-order valence-corrected chi connectivity index (χ3v) is 6.61. The van der Waals surface area contributed by atoms with Crippen molar-refractivity contribution in [2.45, 2.75) is 51.7 Å². The molecule has 3 heterocycles. The van der Waals surface area contributed by atoms with Crippen LogP contribution in [-0.4, -0.2) is 51.1 Å². The number of amides is 1. The lowest BCUT2D eigenvalue weighted by Gasteiger charge is -2.38. The first-order valence-corrected chi connectivity index (χ1v) is 11.6. The second-order valence-corrected chi connectivity index (χ2v) is 8.99. The van der Waals surface area contributed by atoms with E-state index in [0.29, 0.717) is 41.3 Å². The lowest BCUT2D eigenvalue weighted by Crippen LogP contribution is -2.44. The molecular weight excluding hydrogens is 475 g/mol. The topological polar surface area (TPSA) is 100 Å². The van der Waals surface area contributed by atoms with Crippen molar-refractivity contribution in [3.05, 3.63) is 52.6 Å². The van der Waals surface area contributed by atoms with Gasteiger partial charge in [0.15, 0.2) is 5.65 Å². The highest BCUT2D eigenvalue weighted by Crippen LogP contribution is 2.40. The molecule has 0 bridgehead atoms. The Kier molecular flexibility index (Phi) is 7.03. The van der Waals surface area contributed by atoms with Gasteiger partial charge in [-0.2, -0.15) is 4.98 Å². The van der Waals surface area contributed by atoms with Crippen LogP contribution in [0.4, 0.5) is 19.0 Å². The van der Waals surface area contributed by atoms with Crippen molar-refractivity contribution in [3.63, 3.8) is 0 Å². The summed E-state index contributed by atoms with van der Waals surface area (Å²) < 4.78 is 46.7. The van der Waals surface area contributed by atoms with Crippen LogP contribution in [0.3, 0.4) is 0 Å². The summed E-state index contributed by atoms with van der Waals surface area (Å²) in [7, 11) is 1.44. The summed E-state index contributed by atoms with van der Waals surface area (Å²) in [4.78, 5) is 26.7. The molecule has 1 aliphatic rings. The highest BCUT2D eigenvalue weighted by Gasteiger charge is 2.38. The van der Waals surface area contributed by atoms with Crippen LogP contribution in [-0.2, 0) is 10.4 Å². The Balaban J connectivity index is 1.76. The van der Waals surface area contributed by atoms with Gasteiger partial charge in [-0.1, -0.05) is 18.2 Å². The van der Waals surface area contributed by atoms with Crippen LogP contribution < -0.4 is 10.1 Å². The number of methoxy groups -OCH3 is 1. The summed E-state index contributed by atoms with van der Waals surface area (Å²) in [5.41, 5.74) is -1.19. The first-order valence-electron chi connectivity index (χ1n) is 11.6. The van der Waals surface area contributed by atoms with E-state index in [2.05, 4.69) is 20.3 Å². The number of carbonyl (C=O) groups excluding carboxylic acids is 1. The summed E-state index contributed by atoms with van der Waals surface area (Å²) in [6, 6.07) is 4.85. The molecule has 1 amide bonds. The molecule has 0 radical (unpaired) electrons. The van der Waals surface area contributed by atoms with E-state index in [4.69, 9.17) is 4.74 Å². The number of benzene rings is 1. The van der Waals surface area contributed by atoms with Gasteiger partial charge in [-0.15, -0.1) is 0 Å². The van der Waals surface area contributed by atoms with Gasteiger partial charge < -0.3 is 20.1 Å². The third-order valence-electron chi connectivity index (χ3n) is 6.61. The molecule has 1 fully saturated rings. The number of ether oxygens (including phenoxy) is 1. The highest BCUT2D eigenvalue weighted by molar-refractivity contribution is 5.88. The van der Waals surface area contributed by atoms with Crippen molar-refractivity contribution in [1.82, 2.24) is 19.9 Å². The van der Waals surface area contributed by atoms with E-state index in [9.17, 15) is 23.1 Å². The summed E-state index contributed by atoms with van der Waals surface area (Å²) in [6.45, 7) is 5.54. The molecule has 2 N–H and O–H groups in total. The zero-order chi connectivity index (χ0) is 26.2. The molecule has 192 valence electrons. The van der Waals surface area contributed by atoms with Crippen molar-refractivity contribution in [2.75, 3.05) is 25.5 Å². The molecule has 0 saturated carbocycles. The Labute approximate surface area is 206 Å². The van der Waals surface area contributed by atoms with Crippen molar-refractivity contribution in [3.8, 4) is 5.88 Å². The van der Waals surface area contributed by atoms with Crippen LogP contribution in [0.1, 0.15) is 61.7 Å². The average Bonchev–Trinajstić information content (AvgIpc) is 2.83. The molecule has 3 aromatic rings. The molecule has 1 atom stereocenters. The largest absolute Gasteiger partial charge is 0.481 e. The maximum Gasteiger partial charge on any atom is 0.266 e. The van der Waals surface area contributed by atoms with Crippen LogP contribution in [0.15, 0.2) is 24.3 Å². The molecule has 1 saturated heterocycles. The number of nitrogens with one attached hydrogen (secondary N) is 1. The summed E-state index contributed by atoms with van der Waals surface area (Å²) in [5.74, 6) is -0.139. The van der Waals surface area contributed by atoms with Crippen LogP contribution in [0.2, 0.25) is 0 Å². The van der Waals surface area contributed by atoms with Crippen LogP contribution in [0.5, 0.6) is 5.88 Å². The monoisotopic (exact) mass is 503 g/mol. The number of carbonyl (C=O) groups is 1. The van der Waals surface area contributed by atoms with Gasteiger partial charge in [0.1, 0.15) is 17.5 Å². The molecule has 2 aromatic heterocycles. The Bertz CT molecular complexity index is 1300. The minimum Gasteiger partial charge on any atom is -0.481 e. The van der Waals surface area contributed by atoms with E-state index in [1.165, 1.54) is 26.2 Å². The number of hydrogen-bond acceptors (Lipinski definition) is 7. The number of aryl methyl sites for hydroxylation is 1. The maximum absolute atomic E-state index is 14.8. The van der Waals surface area contributed by atoms with E-state index >= 15 is 0 Å². The number of pyridine rings is 1. The molecule has 1 aromatic carbocycles. The number of likely N-dealkylation sites (tertiary alicyclic amines) is 1. The van der Waals surface area contributed by atoms with Gasteiger partial charge in [-0.3, -0.25) is 4.79 Å². The van der Waals surface area contributed by atoms with Crippen molar-refractivity contribution < 1.29 is 27.8 Å².